The molecule has 2 aromatic carbocycles. The number of carboxylic acid groups (broad SMARTS) is 1. The first kappa shape index (κ1) is 23.5. The molecule has 2 aromatic rings. The fraction of sp³-hybridized carbons (Fsp3) is 0.423. The molecule has 1 aliphatic carbocycles. The van der Waals surface area contributed by atoms with Gasteiger partial charge < -0.3 is 9.84 Å². The number of rotatable bonds is 4. The Morgan fingerprint density at radius 1 is 1.06 bits per heavy atom. The molecule has 0 bridgehead atoms. The Hall–Kier alpha value is -2.67. The highest BCUT2D eigenvalue weighted by Crippen LogP contribution is 2.38. The normalized spacial score (nSPS) is 19.6. The van der Waals surface area contributed by atoms with E-state index in [4.69, 9.17) is 4.74 Å². The lowest BCUT2D eigenvalue weighted by molar-refractivity contribution is -0.149. The summed E-state index contributed by atoms with van der Waals surface area (Å²) in [6.07, 6.45) is 1.46. The molecule has 1 saturated heterocycles. The van der Waals surface area contributed by atoms with Crippen LogP contribution in [0.3, 0.4) is 0 Å². The number of likely N-dealkylation sites (tertiary alicyclic amines) is 1. The van der Waals surface area contributed by atoms with E-state index in [0.717, 1.165) is 34.0 Å². The Morgan fingerprint density at radius 2 is 1.70 bits per heavy atom. The monoisotopic (exact) mass is 513 g/mol. The third kappa shape index (κ3) is 4.56. The molecule has 0 radical (unpaired) electrons. The number of hydrogen-bond acceptors (Lipinski definition) is 4. The third-order valence-corrected chi connectivity index (χ3v) is 6.90. The molecule has 1 heterocycles. The number of benzene rings is 2. The third-order valence-electron chi connectivity index (χ3n) is 6.40. The highest BCUT2D eigenvalue weighted by molar-refractivity contribution is 9.10. The number of ether oxygens (including phenoxy) is 1. The first-order valence-corrected chi connectivity index (χ1v) is 12.0. The van der Waals surface area contributed by atoms with Crippen LogP contribution in [0.5, 0.6) is 0 Å². The van der Waals surface area contributed by atoms with Crippen LogP contribution in [-0.4, -0.2) is 45.5 Å². The summed E-state index contributed by atoms with van der Waals surface area (Å²) in [4.78, 5) is 39.6. The minimum atomic E-state index is -1.59. The molecule has 174 valence electrons. The largest absolute Gasteiger partial charge is 0.479 e. The second-order valence-corrected chi connectivity index (χ2v) is 10.8. The molecule has 1 unspecified atom stereocenters. The van der Waals surface area contributed by atoms with Crippen LogP contribution in [0.25, 0.3) is 11.1 Å². The Labute approximate surface area is 202 Å². The van der Waals surface area contributed by atoms with Crippen molar-refractivity contribution in [1.82, 2.24) is 4.90 Å². The van der Waals surface area contributed by atoms with Crippen molar-refractivity contribution < 1.29 is 24.2 Å². The molecule has 0 saturated carbocycles. The summed E-state index contributed by atoms with van der Waals surface area (Å²) in [5.74, 6) is -1.45. The average molecular weight is 514 g/mol. The molecule has 0 aromatic heterocycles. The van der Waals surface area contributed by atoms with Crippen molar-refractivity contribution in [2.45, 2.75) is 64.0 Å². The molecule has 1 amide bonds. The molecule has 6 nitrogen and oxygen atoms in total. The molecule has 2 aliphatic rings. The molecule has 1 aliphatic heterocycles. The Morgan fingerprint density at radius 3 is 2.33 bits per heavy atom. The number of hydrogen-bond donors (Lipinski definition) is 1. The fourth-order valence-electron chi connectivity index (χ4n) is 4.85. The number of carbonyl (C=O) groups excluding carboxylic acids is 2. The number of carbonyl (C=O) groups is 3. The van der Waals surface area contributed by atoms with Gasteiger partial charge in [-0.2, -0.15) is 0 Å². The first-order chi connectivity index (χ1) is 15.5. The van der Waals surface area contributed by atoms with Gasteiger partial charge in [0.05, 0.1) is 0 Å². The summed E-state index contributed by atoms with van der Waals surface area (Å²) in [7, 11) is 0. The molecule has 4 rings (SSSR count). The van der Waals surface area contributed by atoms with Gasteiger partial charge in [-0.1, -0.05) is 34.1 Å². The number of Topliss-reactive ketones (excluding diaryl/α,β-unsaturated/α-hetero) is 1. The molecule has 33 heavy (non-hydrogen) atoms. The second-order valence-electron chi connectivity index (χ2n) is 9.85. The van der Waals surface area contributed by atoms with Crippen molar-refractivity contribution in [3.05, 3.63) is 57.6 Å². The van der Waals surface area contributed by atoms with Gasteiger partial charge in [0, 0.05) is 23.0 Å². The standard InChI is InChI=1S/C26H28BrNO5/c1-25(2,3)33-24(32)28-12-4-11-26(28,23(30)31)15-22(29)18-7-9-20-16(13-18)5-6-17-14-19(27)8-10-21(17)20/h7-10,13-14H,4-6,11-12,15H2,1-3H3,(H,30,31). The summed E-state index contributed by atoms with van der Waals surface area (Å²) >= 11 is 3.52. The zero-order valence-corrected chi connectivity index (χ0v) is 20.7. The second kappa shape index (κ2) is 8.60. The number of nitrogens with zero attached hydrogens (tertiary/aromatic N) is 1. The van der Waals surface area contributed by atoms with Gasteiger partial charge in [-0.05, 0) is 86.9 Å². The highest BCUT2D eigenvalue weighted by atomic mass is 79.9. The van der Waals surface area contributed by atoms with Crippen LogP contribution in [0.15, 0.2) is 40.9 Å². The van der Waals surface area contributed by atoms with Gasteiger partial charge in [0.1, 0.15) is 5.60 Å². The van der Waals surface area contributed by atoms with E-state index >= 15 is 0 Å². The van der Waals surface area contributed by atoms with Crippen molar-refractivity contribution in [1.29, 1.82) is 0 Å². The molecular weight excluding hydrogens is 486 g/mol. The smallest absolute Gasteiger partial charge is 0.411 e. The summed E-state index contributed by atoms with van der Waals surface area (Å²) < 4.78 is 6.48. The van der Waals surface area contributed by atoms with E-state index in [0.29, 0.717) is 12.0 Å². The number of amides is 1. The van der Waals surface area contributed by atoms with E-state index in [-0.39, 0.29) is 25.2 Å². The van der Waals surface area contributed by atoms with Crippen LogP contribution in [-0.2, 0) is 22.4 Å². The number of fused-ring (bicyclic) bond motifs is 3. The van der Waals surface area contributed by atoms with Crippen molar-refractivity contribution in [2.24, 2.45) is 0 Å². The van der Waals surface area contributed by atoms with Crippen LogP contribution in [0.1, 0.15) is 61.5 Å². The van der Waals surface area contributed by atoms with Gasteiger partial charge in [0.2, 0.25) is 0 Å². The van der Waals surface area contributed by atoms with Crippen molar-refractivity contribution >= 4 is 33.8 Å². The van der Waals surface area contributed by atoms with E-state index in [1.165, 1.54) is 10.5 Å². The Kier molecular flexibility index (Phi) is 6.12. The molecule has 1 atom stereocenters. The van der Waals surface area contributed by atoms with Crippen LogP contribution >= 0.6 is 15.9 Å². The number of carboxylic acids is 1. The summed E-state index contributed by atoms with van der Waals surface area (Å²) in [6.45, 7) is 5.46. The van der Waals surface area contributed by atoms with E-state index in [2.05, 4.69) is 28.1 Å². The Bertz CT molecular complexity index is 1140. The predicted molar refractivity (Wildman–Crippen MR) is 128 cm³/mol. The fourth-order valence-corrected chi connectivity index (χ4v) is 5.26. The van der Waals surface area contributed by atoms with Gasteiger partial charge in [-0.3, -0.25) is 9.69 Å². The average Bonchev–Trinajstić information content (AvgIpc) is 3.17. The van der Waals surface area contributed by atoms with Crippen molar-refractivity contribution in [2.75, 3.05) is 6.54 Å². The van der Waals surface area contributed by atoms with Crippen LogP contribution < -0.4 is 0 Å². The van der Waals surface area contributed by atoms with E-state index in [9.17, 15) is 19.5 Å². The SMILES string of the molecule is CC(C)(C)OC(=O)N1CCCC1(CC(=O)c1ccc2c(c1)CCc1cc(Br)ccc1-2)C(=O)O. The summed E-state index contributed by atoms with van der Waals surface area (Å²) in [5, 5.41) is 10.1. The zero-order valence-electron chi connectivity index (χ0n) is 19.1. The van der Waals surface area contributed by atoms with Gasteiger partial charge in [-0.15, -0.1) is 0 Å². The quantitative estimate of drug-likeness (QED) is 0.534. The number of halogens is 1. The van der Waals surface area contributed by atoms with Gasteiger partial charge in [-0.25, -0.2) is 9.59 Å². The lowest BCUT2D eigenvalue weighted by Crippen LogP contribution is -2.55. The first-order valence-electron chi connectivity index (χ1n) is 11.2. The molecule has 0 spiro atoms. The minimum absolute atomic E-state index is 0.223. The van der Waals surface area contributed by atoms with Gasteiger partial charge in [0.25, 0.3) is 0 Å². The Balaban J connectivity index is 1.61. The maximum absolute atomic E-state index is 13.3. The molecule has 1 fully saturated rings. The molecule has 7 heteroatoms. The van der Waals surface area contributed by atoms with Crippen LogP contribution in [0.4, 0.5) is 4.79 Å². The summed E-state index contributed by atoms with van der Waals surface area (Å²) in [5.41, 5.74) is 2.74. The zero-order chi connectivity index (χ0) is 24.0. The predicted octanol–water partition coefficient (Wildman–Crippen LogP) is 5.64. The van der Waals surface area contributed by atoms with Crippen LogP contribution in [0.2, 0.25) is 0 Å². The minimum Gasteiger partial charge on any atom is -0.479 e. The number of aryl methyl sites for hydroxylation is 2. The molecular formula is C26H28BrNO5. The lowest BCUT2D eigenvalue weighted by atomic mass is 9.83. The maximum atomic E-state index is 13.3. The summed E-state index contributed by atoms with van der Waals surface area (Å²) in [6, 6.07) is 11.8. The van der Waals surface area contributed by atoms with Crippen molar-refractivity contribution in [3.8, 4) is 11.1 Å². The molecule has 1 N–H and O–H groups in total. The van der Waals surface area contributed by atoms with E-state index in [1.54, 1.807) is 26.8 Å². The van der Waals surface area contributed by atoms with E-state index in [1.807, 2.05) is 18.2 Å². The highest BCUT2D eigenvalue weighted by Gasteiger charge is 2.52. The maximum Gasteiger partial charge on any atom is 0.411 e. The number of aliphatic carboxylic acids is 1. The van der Waals surface area contributed by atoms with E-state index < -0.39 is 23.2 Å². The van der Waals surface area contributed by atoms with Gasteiger partial charge in [0.15, 0.2) is 11.3 Å². The number of ketones is 1. The van der Waals surface area contributed by atoms with Gasteiger partial charge >= 0.3 is 12.1 Å². The lowest BCUT2D eigenvalue weighted by Gasteiger charge is -2.35. The van der Waals surface area contributed by atoms with Crippen molar-refractivity contribution in [3.63, 3.8) is 0 Å². The van der Waals surface area contributed by atoms with Crippen LogP contribution in [0, 0.1) is 0 Å². The topological polar surface area (TPSA) is 83.9 Å².